The first-order valence-electron chi connectivity index (χ1n) is 8.36. The Morgan fingerprint density at radius 1 is 1.00 bits per heavy atom. The Hall–Kier alpha value is -3.70. The molecule has 0 atom stereocenters. The highest BCUT2D eigenvalue weighted by molar-refractivity contribution is 5.64. The van der Waals surface area contributed by atoms with Crippen LogP contribution in [-0.4, -0.2) is 20.3 Å². The number of nitriles is 2. The van der Waals surface area contributed by atoms with Gasteiger partial charge in [0.25, 0.3) is 0 Å². The Labute approximate surface area is 159 Å². The van der Waals surface area contributed by atoms with Gasteiger partial charge in [-0.25, -0.2) is 0 Å². The molecule has 0 aliphatic carbocycles. The first kappa shape index (κ1) is 19.6. The molecule has 27 heavy (non-hydrogen) atoms. The first-order valence-corrected chi connectivity index (χ1v) is 8.36. The van der Waals surface area contributed by atoms with Gasteiger partial charge in [-0.2, -0.15) is 10.5 Å². The van der Waals surface area contributed by atoms with Crippen LogP contribution >= 0.6 is 0 Å². The lowest BCUT2D eigenvalue weighted by atomic mass is 10.1. The maximum atomic E-state index is 8.84. The van der Waals surface area contributed by atoms with Gasteiger partial charge in [-0.15, -0.1) is 6.58 Å². The summed E-state index contributed by atoms with van der Waals surface area (Å²) in [7, 11) is 1.53. The Morgan fingerprint density at radius 2 is 1.70 bits per heavy atom. The predicted octanol–water partition coefficient (Wildman–Crippen LogP) is 4.31. The lowest BCUT2D eigenvalue weighted by molar-refractivity contribution is 0.210. The predicted molar refractivity (Wildman–Crippen MR) is 104 cm³/mol. The zero-order valence-electron chi connectivity index (χ0n) is 15.1. The minimum absolute atomic E-state index is 0.0253. The quantitative estimate of drug-likeness (QED) is 0.378. The standard InChI is InChI=1S/C22H20N2O3/c1-3-6-19-7-4-5-8-20(19)26-11-12-27-21-10-9-17(14-22(21)25-2)13-18(15-23)16-24/h3-5,7-10,13-14H,1,6,11-12H2,2H3. The average Bonchev–Trinajstić information content (AvgIpc) is 2.71. The molecule has 0 saturated carbocycles. The van der Waals surface area contributed by atoms with E-state index in [0.717, 1.165) is 17.7 Å². The molecule has 2 rings (SSSR count). The third-order valence-corrected chi connectivity index (χ3v) is 3.67. The molecule has 0 unspecified atom stereocenters. The third kappa shape index (κ3) is 5.66. The zero-order valence-corrected chi connectivity index (χ0v) is 15.1. The molecule has 0 fully saturated rings. The second kappa shape index (κ2) is 10.3. The Morgan fingerprint density at radius 3 is 2.37 bits per heavy atom. The highest BCUT2D eigenvalue weighted by atomic mass is 16.5. The van der Waals surface area contributed by atoms with E-state index >= 15 is 0 Å². The van der Waals surface area contributed by atoms with Crippen LogP contribution in [0.25, 0.3) is 6.08 Å². The number of hydrogen-bond acceptors (Lipinski definition) is 5. The molecule has 0 N–H and O–H groups in total. The van der Waals surface area contributed by atoms with Crippen molar-refractivity contribution < 1.29 is 14.2 Å². The Balaban J connectivity index is 1.98. The molecule has 0 aromatic heterocycles. The topological polar surface area (TPSA) is 75.3 Å². The molecule has 0 heterocycles. The normalized spacial score (nSPS) is 9.44. The molecule has 0 aliphatic rings. The third-order valence-electron chi connectivity index (χ3n) is 3.67. The van der Waals surface area contributed by atoms with Crippen LogP contribution < -0.4 is 14.2 Å². The van der Waals surface area contributed by atoms with Gasteiger partial charge in [-0.05, 0) is 41.8 Å². The molecule has 0 spiro atoms. The summed E-state index contributed by atoms with van der Waals surface area (Å²) in [6, 6.07) is 16.7. The van der Waals surface area contributed by atoms with Gasteiger partial charge in [0.15, 0.2) is 11.5 Å². The van der Waals surface area contributed by atoms with Crippen LogP contribution in [0.4, 0.5) is 0 Å². The second-order valence-electron chi connectivity index (χ2n) is 5.49. The van der Waals surface area contributed by atoms with Gasteiger partial charge in [0.05, 0.1) is 7.11 Å². The summed E-state index contributed by atoms with van der Waals surface area (Å²) in [5, 5.41) is 17.7. The van der Waals surface area contributed by atoms with Gasteiger partial charge in [-0.3, -0.25) is 0 Å². The number of rotatable bonds is 9. The zero-order chi connectivity index (χ0) is 19.5. The van der Waals surface area contributed by atoms with Crippen LogP contribution in [0.3, 0.4) is 0 Å². The number of allylic oxidation sites excluding steroid dienone is 2. The largest absolute Gasteiger partial charge is 0.493 e. The fraction of sp³-hybridized carbons (Fsp3) is 0.182. The summed E-state index contributed by atoms with van der Waals surface area (Å²) in [5.74, 6) is 1.90. The minimum Gasteiger partial charge on any atom is -0.493 e. The van der Waals surface area contributed by atoms with E-state index in [-0.39, 0.29) is 5.57 Å². The molecule has 136 valence electrons. The number of para-hydroxylation sites is 1. The molecule has 0 bridgehead atoms. The maximum Gasteiger partial charge on any atom is 0.161 e. The van der Waals surface area contributed by atoms with Crippen molar-refractivity contribution in [3.05, 3.63) is 71.8 Å². The summed E-state index contributed by atoms with van der Waals surface area (Å²) >= 11 is 0. The van der Waals surface area contributed by atoms with Crippen LogP contribution in [-0.2, 0) is 6.42 Å². The van der Waals surface area contributed by atoms with Crippen molar-refractivity contribution in [3.63, 3.8) is 0 Å². The van der Waals surface area contributed by atoms with Gasteiger partial charge in [0.2, 0.25) is 0 Å². The monoisotopic (exact) mass is 360 g/mol. The molecule has 0 radical (unpaired) electrons. The molecular weight excluding hydrogens is 340 g/mol. The summed E-state index contributed by atoms with van der Waals surface area (Å²) < 4.78 is 16.9. The number of hydrogen-bond donors (Lipinski definition) is 0. The van der Waals surface area contributed by atoms with E-state index in [1.54, 1.807) is 18.2 Å². The van der Waals surface area contributed by atoms with Crippen molar-refractivity contribution in [3.8, 4) is 29.4 Å². The van der Waals surface area contributed by atoms with E-state index in [2.05, 4.69) is 6.58 Å². The molecule has 0 amide bonds. The van der Waals surface area contributed by atoms with Crippen molar-refractivity contribution in [2.45, 2.75) is 6.42 Å². The molecule has 5 heteroatoms. The van der Waals surface area contributed by atoms with Crippen molar-refractivity contribution >= 4 is 6.08 Å². The van der Waals surface area contributed by atoms with E-state index in [0.29, 0.717) is 30.3 Å². The van der Waals surface area contributed by atoms with E-state index in [9.17, 15) is 0 Å². The van der Waals surface area contributed by atoms with Gasteiger partial charge >= 0.3 is 0 Å². The van der Waals surface area contributed by atoms with Crippen LogP contribution in [0.1, 0.15) is 11.1 Å². The second-order valence-corrected chi connectivity index (χ2v) is 5.49. The van der Waals surface area contributed by atoms with E-state index in [1.165, 1.54) is 13.2 Å². The fourth-order valence-electron chi connectivity index (χ4n) is 2.42. The number of methoxy groups -OCH3 is 1. The smallest absolute Gasteiger partial charge is 0.161 e. The highest BCUT2D eigenvalue weighted by Crippen LogP contribution is 2.29. The molecule has 5 nitrogen and oxygen atoms in total. The van der Waals surface area contributed by atoms with Gasteiger partial charge in [0, 0.05) is 0 Å². The lowest BCUT2D eigenvalue weighted by Crippen LogP contribution is -2.10. The maximum absolute atomic E-state index is 8.84. The van der Waals surface area contributed by atoms with Gasteiger partial charge < -0.3 is 14.2 Å². The van der Waals surface area contributed by atoms with Gasteiger partial charge in [-0.1, -0.05) is 30.3 Å². The molecule has 2 aromatic rings. The van der Waals surface area contributed by atoms with Crippen molar-refractivity contribution in [2.75, 3.05) is 20.3 Å². The van der Waals surface area contributed by atoms with E-state index in [4.69, 9.17) is 24.7 Å². The molecule has 2 aromatic carbocycles. The highest BCUT2D eigenvalue weighted by Gasteiger charge is 2.07. The van der Waals surface area contributed by atoms with Crippen molar-refractivity contribution in [1.29, 1.82) is 10.5 Å². The Bertz CT molecular complexity index is 889. The van der Waals surface area contributed by atoms with Crippen LogP contribution in [0.2, 0.25) is 0 Å². The van der Waals surface area contributed by atoms with Crippen LogP contribution in [0, 0.1) is 22.7 Å². The van der Waals surface area contributed by atoms with E-state index in [1.807, 2.05) is 42.5 Å². The van der Waals surface area contributed by atoms with Crippen molar-refractivity contribution in [2.24, 2.45) is 0 Å². The van der Waals surface area contributed by atoms with Crippen LogP contribution in [0.5, 0.6) is 17.2 Å². The molecular formula is C22H20N2O3. The summed E-state index contributed by atoms with van der Waals surface area (Å²) in [5.41, 5.74) is 1.79. The molecule has 0 aliphatic heterocycles. The minimum atomic E-state index is 0.0253. The molecule has 0 saturated heterocycles. The van der Waals surface area contributed by atoms with Gasteiger partial charge in [0.1, 0.15) is 36.7 Å². The summed E-state index contributed by atoms with van der Waals surface area (Å²) in [4.78, 5) is 0. The average molecular weight is 360 g/mol. The summed E-state index contributed by atoms with van der Waals surface area (Å²) in [6.07, 6.45) is 4.07. The van der Waals surface area contributed by atoms with Crippen molar-refractivity contribution in [1.82, 2.24) is 0 Å². The lowest BCUT2D eigenvalue weighted by Gasteiger charge is -2.13. The number of ether oxygens (including phenoxy) is 3. The number of benzene rings is 2. The van der Waals surface area contributed by atoms with Crippen LogP contribution in [0.15, 0.2) is 60.7 Å². The summed E-state index contributed by atoms with van der Waals surface area (Å²) in [6.45, 7) is 4.48. The SMILES string of the molecule is C=CCc1ccccc1OCCOc1ccc(C=C(C#N)C#N)cc1OC. The fourth-order valence-corrected chi connectivity index (χ4v) is 2.42. The van der Waals surface area contributed by atoms with E-state index < -0.39 is 0 Å². The number of nitrogens with zero attached hydrogens (tertiary/aromatic N) is 2. The first-order chi connectivity index (χ1) is 13.2. The Kier molecular flexibility index (Phi) is 7.51.